The lowest BCUT2D eigenvalue weighted by molar-refractivity contribution is 0.00469. The van der Waals surface area contributed by atoms with E-state index in [4.69, 9.17) is 9.47 Å². The van der Waals surface area contributed by atoms with Crippen molar-refractivity contribution in [1.82, 2.24) is 0 Å². The minimum absolute atomic E-state index is 0.138. The van der Waals surface area contributed by atoms with Crippen molar-refractivity contribution in [3.8, 4) is 0 Å². The highest BCUT2D eigenvalue weighted by atomic mass is 33.1. The van der Waals surface area contributed by atoms with Crippen LogP contribution in [0.2, 0.25) is 0 Å². The van der Waals surface area contributed by atoms with Crippen molar-refractivity contribution in [3.63, 3.8) is 0 Å². The standard InChI is InChI=1S/C13H28O2S2/c1-9(2)14-11(5)16-17-12(13(6,7)8)15-10(3)4/h9-12H,1-8H3. The Labute approximate surface area is 115 Å². The number of hydrogen-bond acceptors (Lipinski definition) is 4. The van der Waals surface area contributed by atoms with Gasteiger partial charge in [0.1, 0.15) is 10.9 Å². The van der Waals surface area contributed by atoms with E-state index < -0.39 is 0 Å². The van der Waals surface area contributed by atoms with Crippen molar-refractivity contribution in [2.75, 3.05) is 0 Å². The Hall–Kier alpha value is 0.620. The molecule has 4 heteroatoms. The van der Waals surface area contributed by atoms with E-state index in [1.165, 1.54) is 0 Å². The highest BCUT2D eigenvalue weighted by Gasteiger charge is 2.28. The van der Waals surface area contributed by atoms with Gasteiger partial charge in [0.05, 0.1) is 12.2 Å². The molecular formula is C13H28O2S2. The molecule has 0 aliphatic rings. The lowest BCUT2D eigenvalue weighted by Crippen LogP contribution is -2.28. The van der Waals surface area contributed by atoms with E-state index >= 15 is 0 Å². The van der Waals surface area contributed by atoms with E-state index in [1.807, 2.05) is 0 Å². The summed E-state index contributed by atoms with van der Waals surface area (Å²) in [6.45, 7) is 17.0. The summed E-state index contributed by atoms with van der Waals surface area (Å²) in [5.41, 5.74) is 0.519. The maximum Gasteiger partial charge on any atom is 0.118 e. The second-order valence-corrected chi connectivity index (χ2v) is 8.46. The Kier molecular flexibility index (Phi) is 8.21. The Morgan fingerprint density at radius 2 is 1.24 bits per heavy atom. The molecule has 0 heterocycles. The van der Waals surface area contributed by atoms with Crippen LogP contribution in [-0.4, -0.2) is 23.1 Å². The Bertz CT molecular complexity index is 200. The molecule has 0 spiro atoms. The van der Waals surface area contributed by atoms with Gasteiger partial charge in [0.25, 0.3) is 0 Å². The smallest absolute Gasteiger partial charge is 0.118 e. The molecule has 0 N–H and O–H groups in total. The van der Waals surface area contributed by atoms with Gasteiger partial charge in [-0.05, 0) is 40.0 Å². The van der Waals surface area contributed by atoms with E-state index in [2.05, 4.69) is 55.4 Å². The van der Waals surface area contributed by atoms with Crippen molar-refractivity contribution in [3.05, 3.63) is 0 Å². The van der Waals surface area contributed by atoms with Crippen LogP contribution in [0, 0.1) is 5.41 Å². The van der Waals surface area contributed by atoms with Gasteiger partial charge < -0.3 is 9.47 Å². The zero-order chi connectivity index (χ0) is 13.6. The van der Waals surface area contributed by atoms with Crippen molar-refractivity contribution in [1.29, 1.82) is 0 Å². The average Bonchev–Trinajstić information content (AvgIpc) is 2.08. The largest absolute Gasteiger partial charge is 0.364 e. The first-order valence-corrected chi connectivity index (χ1v) is 8.53. The highest BCUT2D eigenvalue weighted by molar-refractivity contribution is 8.77. The van der Waals surface area contributed by atoms with E-state index in [1.54, 1.807) is 21.6 Å². The molecule has 0 bridgehead atoms. The van der Waals surface area contributed by atoms with Gasteiger partial charge in [0.15, 0.2) is 0 Å². The van der Waals surface area contributed by atoms with Gasteiger partial charge in [0, 0.05) is 0 Å². The van der Waals surface area contributed by atoms with Gasteiger partial charge in [-0.3, -0.25) is 0 Å². The van der Waals surface area contributed by atoms with E-state index in [9.17, 15) is 0 Å². The molecule has 0 fully saturated rings. The second-order valence-electron chi connectivity index (χ2n) is 5.83. The molecule has 0 amide bonds. The van der Waals surface area contributed by atoms with Crippen LogP contribution in [0.3, 0.4) is 0 Å². The summed E-state index contributed by atoms with van der Waals surface area (Å²) in [5.74, 6) is 0. The molecule has 0 aliphatic carbocycles. The van der Waals surface area contributed by atoms with Gasteiger partial charge in [-0.15, -0.1) is 0 Å². The molecular weight excluding hydrogens is 252 g/mol. The highest BCUT2D eigenvalue weighted by Crippen LogP contribution is 2.41. The lowest BCUT2D eigenvalue weighted by atomic mass is 9.98. The minimum atomic E-state index is 0.138. The van der Waals surface area contributed by atoms with Gasteiger partial charge in [-0.25, -0.2) is 0 Å². The second kappa shape index (κ2) is 7.93. The Balaban J connectivity index is 4.17. The van der Waals surface area contributed by atoms with Gasteiger partial charge in [-0.1, -0.05) is 42.4 Å². The van der Waals surface area contributed by atoms with Crippen LogP contribution >= 0.6 is 21.6 Å². The SMILES string of the molecule is CC(C)OC(C)SSC(OC(C)C)C(C)(C)C. The third-order valence-corrected chi connectivity index (χ3v) is 5.00. The van der Waals surface area contributed by atoms with Crippen molar-refractivity contribution in [2.45, 2.75) is 78.5 Å². The lowest BCUT2D eigenvalue weighted by Gasteiger charge is -2.32. The Morgan fingerprint density at radius 1 is 0.765 bits per heavy atom. The number of rotatable bonds is 7. The maximum atomic E-state index is 5.96. The van der Waals surface area contributed by atoms with Crippen molar-refractivity contribution >= 4 is 21.6 Å². The summed E-state index contributed by atoms with van der Waals surface area (Å²) in [7, 11) is 3.53. The van der Waals surface area contributed by atoms with Gasteiger partial charge in [-0.2, -0.15) is 0 Å². The van der Waals surface area contributed by atoms with Gasteiger partial charge >= 0.3 is 0 Å². The van der Waals surface area contributed by atoms with Crippen LogP contribution in [0.15, 0.2) is 0 Å². The molecule has 0 saturated heterocycles. The fraction of sp³-hybridized carbons (Fsp3) is 1.00. The molecule has 0 aromatic rings. The van der Waals surface area contributed by atoms with Crippen molar-refractivity contribution < 1.29 is 9.47 Å². The zero-order valence-electron chi connectivity index (χ0n) is 12.4. The normalized spacial score (nSPS) is 16.6. The molecule has 2 nitrogen and oxygen atoms in total. The summed E-state index contributed by atoms with van der Waals surface area (Å²) in [6.07, 6.45) is 0.533. The zero-order valence-corrected chi connectivity index (χ0v) is 14.1. The summed E-state index contributed by atoms with van der Waals surface area (Å²) in [4.78, 5) is 0. The first kappa shape index (κ1) is 17.6. The summed E-state index contributed by atoms with van der Waals surface area (Å²) in [6, 6.07) is 0. The first-order chi connectivity index (χ1) is 7.62. The average molecular weight is 280 g/mol. The molecule has 0 aliphatic heterocycles. The molecule has 0 saturated carbocycles. The monoisotopic (exact) mass is 280 g/mol. The predicted octanol–water partition coefficient (Wildman–Crippen LogP) is 4.94. The summed E-state index contributed by atoms with van der Waals surface area (Å²) in [5, 5.41) is 0. The van der Waals surface area contributed by atoms with Crippen LogP contribution in [0.25, 0.3) is 0 Å². The third kappa shape index (κ3) is 9.23. The summed E-state index contributed by atoms with van der Waals surface area (Å²) < 4.78 is 11.7. The summed E-state index contributed by atoms with van der Waals surface area (Å²) >= 11 is 0. The fourth-order valence-corrected chi connectivity index (χ4v) is 4.14. The van der Waals surface area contributed by atoms with Crippen LogP contribution in [0.1, 0.15) is 55.4 Å². The number of ether oxygens (including phenoxy) is 2. The molecule has 0 radical (unpaired) electrons. The predicted molar refractivity (Wildman–Crippen MR) is 80.3 cm³/mol. The van der Waals surface area contributed by atoms with Crippen LogP contribution in [0.4, 0.5) is 0 Å². The van der Waals surface area contributed by atoms with Crippen LogP contribution in [-0.2, 0) is 9.47 Å². The Morgan fingerprint density at radius 3 is 1.59 bits per heavy atom. The van der Waals surface area contributed by atoms with Crippen LogP contribution < -0.4 is 0 Å². The molecule has 104 valence electrons. The van der Waals surface area contributed by atoms with Crippen molar-refractivity contribution in [2.24, 2.45) is 5.41 Å². The topological polar surface area (TPSA) is 18.5 Å². The van der Waals surface area contributed by atoms with E-state index in [-0.39, 0.29) is 28.5 Å². The van der Waals surface area contributed by atoms with E-state index in [0.29, 0.717) is 0 Å². The molecule has 0 aromatic heterocycles. The fourth-order valence-electron chi connectivity index (χ4n) is 1.15. The molecule has 2 atom stereocenters. The first-order valence-electron chi connectivity index (χ1n) is 6.26. The van der Waals surface area contributed by atoms with E-state index in [0.717, 1.165) is 0 Å². The number of hydrogen-bond donors (Lipinski definition) is 0. The molecule has 17 heavy (non-hydrogen) atoms. The molecule has 2 unspecified atom stereocenters. The molecule has 0 aromatic carbocycles. The molecule has 0 rings (SSSR count). The van der Waals surface area contributed by atoms with Gasteiger partial charge in [0.2, 0.25) is 0 Å². The third-order valence-electron chi connectivity index (χ3n) is 1.85. The quantitative estimate of drug-likeness (QED) is 0.485. The minimum Gasteiger partial charge on any atom is -0.364 e. The maximum absolute atomic E-state index is 5.96. The van der Waals surface area contributed by atoms with Crippen LogP contribution in [0.5, 0.6) is 0 Å².